The summed E-state index contributed by atoms with van der Waals surface area (Å²) < 4.78 is 0. The molecule has 0 amide bonds. The van der Waals surface area contributed by atoms with Crippen LogP contribution < -0.4 is 5.32 Å². The zero-order valence-corrected chi connectivity index (χ0v) is 15.1. The minimum Gasteiger partial charge on any atom is -0.313 e. The third-order valence-corrected chi connectivity index (χ3v) is 4.59. The molecule has 0 saturated carbocycles. The second kappa shape index (κ2) is 10.1. The monoisotopic (exact) mass is 288 g/mol. The lowest BCUT2D eigenvalue weighted by molar-refractivity contribution is 0.195. The fourth-order valence-corrected chi connectivity index (χ4v) is 2.80. The van der Waals surface area contributed by atoms with Gasteiger partial charge in [-0.2, -0.15) is 11.8 Å². The summed E-state index contributed by atoms with van der Waals surface area (Å²) in [5, 5.41) is 3.72. The first-order valence-electron chi connectivity index (χ1n) is 7.75. The van der Waals surface area contributed by atoms with Crippen LogP contribution >= 0.6 is 11.8 Å². The number of hydrogen-bond donors (Lipinski definition) is 1. The molecule has 2 atom stereocenters. The Bertz CT molecular complexity index is 213. The molecule has 3 heteroatoms. The summed E-state index contributed by atoms with van der Waals surface area (Å²) in [6.45, 7) is 13.9. The second-order valence-electron chi connectivity index (χ2n) is 6.77. The third kappa shape index (κ3) is 8.93. The first-order valence-corrected chi connectivity index (χ1v) is 9.14. The average Bonchev–Trinajstić information content (AvgIpc) is 2.33. The number of nitrogens with zero attached hydrogens (tertiary/aromatic N) is 1. The van der Waals surface area contributed by atoms with Crippen molar-refractivity contribution in [1.29, 1.82) is 0 Å². The minimum absolute atomic E-state index is 0.346. The van der Waals surface area contributed by atoms with E-state index >= 15 is 0 Å². The van der Waals surface area contributed by atoms with Gasteiger partial charge in [-0.15, -0.1) is 0 Å². The first kappa shape index (κ1) is 19.3. The molecule has 2 nitrogen and oxygen atoms in total. The molecule has 0 aliphatic carbocycles. The lowest BCUT2D eigenvalue weighted by Crippen LogP contribution is -2.43. The first-order chi connectivity index (χ1) is 8.82. The molecule has 0 aromatic carbocycles. The molecular weight excluding hydrogens is 252 g/mol. The average molecular weight is 289 g/mol. The van der Waals surface area contributed by atoms with E-state index in [0.29, 0.717) is 17.5 Å². The molecule has 0 bridgehead atoms. The molecule has 1 N–H and O–H groups in total. The standard InChI is InChI=1S/C16H36N2S/c1-8-11-17-15(16(3,4)5)9-12-18(6)14(2)10-13-19-7/h14-15,17H,8-13H2,1-7H3. The van der Waals surface area contributed by atoms with Gasteiger partial charge in [-0.05, 0) is 63.7 Å². The van der Waals surface area contributed by atoms with E-state index in [1.807, 2.05) is 11.8 Å². The van der Waals surface area contributed by atoms with Crippen LogP contribution in [0.2, 0.25) is 0 Å². The van der Waals surface area contributed by atoms with Crippen LogP contribution in [0.3, 0.4) is 0 Å². The van der Waals surface area contributed by atoms with Crippen molar-refractivity contribution >= 4 is 11.8 Å². The highest BCUT2D eigenvalue weighted by atomic mass is 32.2. The van der Waals surface area contributed by atoms with Crippen molar-refractivity contribution in [3.05, 3.63) is 0 Å². The molecule has 0 aliphatic heterocycles. The largest absolute Gasteiger partial charge is 0.313 e. The fourth-order valence-electron chi connectivity index (χ4n) is 2.22. The van der Waals surface area contributed by atoms with Crippen LogP contribution in [0.25, 0.3) is 0 Å². The van der Waals surface area contributed by atoms with Crippen molar-refractivity contribution in [2.24, 2.45) is 5.41 Å². The van der Waals surface area contributed by atoms with Crippen LogP contribution in [-0.4, -0.2) is 49.1 Å². The molecule has 19 heavy (non-hydrogen) atoms. The molecular formula is C16H36N2S. The summed E-state index contributed by atoms with van der Waals surface area (Å²) in [4.78, 5) is 2.52. The van der Waals surface area contributed by atoms with Gasteiger partial charge in [0.25, 0.3) is 0 Å². The highest BCUT2D eigenvalue weighted by molar-refractivity contribution is 7.98. The second-order valence-corrected chi connectivity index (χ2v) is 7.76. The Morgan fingerprint density at radius 3 is 2.32 bits per heavy atom. The zero-order valence-electron chi connectivity index (χ0n) is 14.3. The van der Waals surface area contributed by atoms with Crippen LogP contribution in [0.1, 0.15) is 53.9 Å². The summed E-state index contributed by atoms with van der Waals surface area (Å²) in [5.41, 5.74) is 0.346. The van der Waals surface area contributed by atoms with Crippen LogP contribution in [-0.2, 0) is 0 Å². The smallest absolute Gasteiger partial charge is 0.0128 e. The Morgan fingerprint density at radius 1 is 1.21 bits per heavy atom. The summed E-state index contributed by atoms with van der Waals surface area (Å²) in [7, 11) is 2.27. The van der Waals surface area contributed by atoms with Crippen LogP contribution in [0, 0.1) is 5.41 Å². The normalized spacial score (nSPS) is 15.8. The van der Waals surface area contributed by atoms with Gasteiger partial charge in [0.2, 0.25) is 0 Å². The van der Waals surface area contributed by atoms with Gasteiger partial charge in [0, 0.05) is 12.1 Å². The van der Waals surface area contributed by atoms with Crippen molar-refractivity contribution in [3.63, 3.8) is 0 Å². The summed E-state index contributed by atoms with van der Waals surface area (Å²) >= 11 is 1.95. The summed E-state index contributed by atoms with van der Waals surface area (Å²) in [6, 6.07) is 1.31. The van der Waals surface area contributed by atoms with Gasteiger partial charge >= 0.3 is 0 Å². The number of hydrogen-bond acceptors (Lipinski definition) is 3. The summed E-state index contributed by atoms with van der Waals surface area (Å²) in [5.74, 6) is 1.27. The zero-order chi connectivity index (χ0) is 14.9. The Balaban J connectivity index is 4.15. The molecule has 0 aliphatic rings. The van der Waals surface area contributed by atoms with E-state index in [9.17, 15) is 0 Å². The molecule has 0 heterocycles. The van der Waals surface area contributed by atoms with E-state index in [1.54, 1.807) is 0 Å². The van der Waals surface area contributed by atoms with Crippen LogP contribution in [0.4, 0.5) is 0 Å². The Morgan fingerprint density at radius 2 is 1.84 bits per heavy atom. The maximum atomic E-state index is 3.72. The van der Waals surface area contributed by atoms with E-state index in [0.717, 1.165) is 6.54 Å². The van der Waals surface area contributed by atoms with E-state index < -0.39 is 0 Å². The lowest BCUT2D eigenvalue weighted by Gasteiger charge is -2.34. The Labute approximate surface area is 126 Å². The van der Waals surface area contributed by atoms with Crippen molar-refractivity contribution in [2.75, 3.05) is 32.1 Å². The van der Waals surface area contributed by atoms with Crippen molar-refractivity contribution < 1.29 is 0 Å². The van der Waals surface area contributed by atoms with E-state index in [1.165, 1.54) is 31.6 Å². The Hall–Kier alpha value is 0.270. The molecule has 0 saturated heterocycles. The number of thioether (sulfide) groups is 1. The van der Waals surface area contributed by atoms with E-state index in [4.69, 9.17) is 0 Å². The van der Waals surface area contributed by atoms with Crippen molar-refractivity contribution in [2.45, 2.75) is 66.0 Å². The quantitative estimate of drug-likeness (QED) is 0.657. The van der Waals surface area contributed by atoms with Crippen molar-refractivity contribution in [1.82, 2.24) is 10.2 Å². The minimum atomic E-state index is 0.346. The fraction of sp³-hybridized carbons (Fsp3) is 1.00. The number of rotatable bonds is 10. The third-order valence-electron chi connectivity index (χ3n) is 3.95. The van der Waals surface area contributed by atoms with Gasteiger partial charge in [-0.3, -0.25) is 0 Å². The topological polar surface area (TPSA) is 15.3 Å². The lowest BCUT2D eigenvalue weighted by atomic mass is 9.84. The van der Waals surface area contributed by atoms with Crippen molar-refractivity contribution in [3.8, 4) is 0 Å². The molecule has 0 rings (SSSR count). The van der Waals surface area contributed by atoms with Gasteiger partial charge in [0.15, 0.2) is 0 Å². The Kier molecular flexibility index (Phi) is 10.2. The highest BCUT2D eigenvalue weighted by Gasteiger charge is 2.24. The van der Waals surface area contributed by atoms with Gasteiger partial charge in [-0.1, -0.05) is 27.7 Å². The molecule has 0 spiro atoms. The van der Waals surface area contributed by atoms with Gasteiger partial charge in [0.1, 0.15) is 0 Å². The van der Waals surface area contributed by atoms with Gasteiger partial charge in [0.05, 0.1) is 0 Å². The molecule has 2 unspecified atom stereocenters. The molecule has 0 radical (unpaired) electrons. The van der Waals surface area contributed by atoms with Crippen LogP contribution in [0.5, 0.6) is 0 Å². The maximum Gasteiger partial charge on any atom is 0.0128 e. The maximum absolute atomic E-state index is 3.72. The van der Waals surface area contributed by atoms with E-state index in [-0.39, 0.29) is 0 Å². The van der Waals surface area contributed by atoms with Crippen LogP contribution in [0.15, 0.2) is 0 Å². The molecule has 0 fully saturated rings. The number of nitrogens with one attached hydrogen (secondary N) is 1. The van der Waals surface area contributed by atoms with E-state index in [2.05, 4.69) is 58.1 Å². The predicted molar refractivity (Wildman–Crippen MR) is 91.2 cm³/mol. The van der Waals surface area contributed by atoms with Gasteiger partial charge in [-0.25, -0.2) is 0 Å². The molecule has 116 valence electrons. The van der Waals surface area contributed by atoms with Gasteiger partial charge < -0.3 is 10.2 Å². The SMILES string of the molecule is CCCNC(CCN(C)C(C)CCSC)C(C)(C)C. The molecule has 0 aromatic rings. The predicted octanol–water partition coefficient (Wildman–Crippen LogP) is 3.86. The summed E-state index contributed by atoms with van der Waals surface area (Å²) in [6.07, 6.45) is 5.94. The molecule has 0 aromatic heterocycles. The highest BCUT2D eigenvalue weighted by Crippen LogP contribution is 2.22.